The van der Waals surface area contributed by atoms with Crippen molar-refractivity contribution in [3.8, 4) is 5.75 Å². The maximum absolute atomic E-state index is 11.8. The number of phenolic OH excluding ortho intramolecular Hbond substituents is 1. The van der Waals surface area contributed by atoms with Gasteiger partial charge in [0.05, 0.1) is 5.02 Å². The van der Waals surface area contributed by atoms with Crippen molar-refractivity contribution < 1.29 is 19.5 Å². The zero-order valence-corrected chi connectivity index (χ0v) is 11.8. The summed E-state index contributed by atoms with van der Waals surface area (Å²) in [4.78, 5) is 38.6. The summed E-state index contributed by atoms with van der Waals surface area (Å²) in [7, 11) is 0. The molecule has 4 amide bonds. The van der Waals surface area contributed by atoms with Crippen LogP contribution in [0, 0.1) is 5.92 Å². The third kappa shape index (κ3) is 2.35. The van der Waals surface area contributed by atoms with Crippen LogP contribution in [0.15, 0.2) is 24.4 Å². The number of phenols is 1. The molecule has 7 nitrogen and oxygen atoms in total. The van der Waals surface area contributed by atoms with E-state index in [1.54, 1.807) is 12.1 Å². The molecule has 1 aliphatic rings. The van der Waals surface area contributed by atoms with Gasteiger partial charge in [-0.15, -0.1) is 0 Å². The van der Waals surface area contributed by atoms with Crippen LogP contribution < -0.4 is 10.6 Å². The Hall–Kier alpha value is -2.67. The van der Waals surface area contributed by atoms with Crippen LogP contribution in [0.1, 0.15) is 5.56 Å². The number of hydrogen-bond acceptors (Lipinski definition) is 5. The summed E-state index contributed by atoms with van der Waals surface area (Å²) in [6.45, 7) is 0. The predicted octanol–water partition coefficient (Wildman–Crippen LogP) is 1.12. The fraction of sp³-hybridized carbons (Fsp3) is 0.143. The Morgan fingerprint density at radius 3 is 2.59 bits per heavy atom. The van der Waals surface area contributed by atoms with Gasteiger partial charge in [0.2, 0.25) is 11.8 Å². The number of aromatic hydroxyl groups is 1. The fourth-order valence-corrected chi connectivity index (χ4v) is 2.63. The summed E-state index contributed by atoms with van der Waals surface area (Å²) in [5.41, 5.74) is 0.596. The molecule has 112 valence electrons. The highest BCUT2D eigenvalue weighted by Gasteiger charge is 2.35. The molecule has 2 aromatic rings. The number of benzene rings is 1. The Balaban J connectivity index is 2.01. The molecule has 8 heteroatoms. The van der Waals surface area contributed by atoms with E-state index in [-0.39, 0.29) is 17.7 Å². The summed E-state index contributed by atoms with van der Waals surface area (Å²) < 4.78 is 0. The second kappa shape index (κ2) is 5.27. The van der Waals surface area contributed by atoms with Crippen molar-refractivity contribution in [1.82, 2.24) is 15.6 Å². The molecule has 22 heavy (non-hydrogen) atoms. The van der Waals surface area contributed by atoms with Gasteiger partial charge in [-0.05, 0) is 30.2 Å². The number of pyridine rings is 1. The molecule has 0 saturated carbocycles. The van der Waals surface area contributed by atoms with E-state index < -0.39 is 23.8 Å². The van der Waals surface area contributed by atoms with Crippen LogP contribution in [0.4, 0.5) is 4.79 Å². The predicted molar refractivity (Wildman–Crippen MR) is 77.3 cm³/mol. The Kier molecular flexibility index (Phi) is 3.42. The number of amides is 4. The van der Waals surface area contributed by atoms with Crippen LogP contribution >= 0.6 is 11.6 Å². The Labute approximate surface area is 129 Å². The molecule has 1 aromatic heterocycles. The maximum atomic E-state index is 11.8. The van der Waals surface area contributed by atoms with E-state index >= 15 is 0 Å². The molecule has 1 saturated heterocycles. The number of barbiturate groups is 1. The van der Waals surface area contributed by atoms with Gasteiger partial charge in [0.1, 0.15) is 17.2 Å². The van der Waals surface area contributed by atoms with E-state index in [2.05, 4.69) is 4.98 Å². The Morgan fingerprint density at radius 1 is 1.23 bits per heavy atom. The van der Waals surface area contributed by atoms with Gasteiger partial charge in [-0.1, -0.05) is 11.6 Å². The van der Waals surface area contributed by atoms with Crippen molar-refractivity contribution in [1.29, 1.82) is 0 Å². The second-order valence-corrected chi connectivity index (χ2v) is 5.24. The molecular formula is C14H10ClN3O4. The first-order valence-electron chi connectivity index (χ1n) is 6.38. The van der Waals surface area contributed by atoms with Gasteiger partial charge in [-0.3, -0.25) is 25.2 Å². The lowest BCUT2D eigenvalue weighted by molar-refractivity contribution is -0.135. The molecule has 0 bridgehead atoms. The van der Waals surface area contributed by atoms with Crippen LogP contribution in [0.25, 0.3) is 10.9 Å². The summed E-state index contributed by atoms with van der Waals surface area (Å²) in [6, 6.07) is 4.01. The molecule has 0 unspecified atom stereocenters. The molecular weight excluding hydrogens is 310 g/mol. The van der Waals surface area contributed by atoms with Crippen molar-refractivity contribution in [2.24, 2.45) is 5.92 Å². The summed E-state index contributed by atoms with van der Waals surface area (Å²) in [5, 5.41) is 15.2. The average molecular weight is 320 g/mol. The quantitative estimate of drug-likeness (QED) is 0.719. The highest BCUT2D eigenvalue weighted by molar-refractivity contribution is 6.35. The number of imide groups is 2. The number of rotatable bonds is 2. The lowest BCUT2D eigenvalue weighted by Gasteiger charge is -2.21. The largest absolute Gasteiger partial charge is 0.505 e. The standard InChI is InChI=1S/C14H10ClN3O4/c15-9-5-6(11(19)10-7(9)2-1-3-16-10)4-8-12(20)17-14(22)18-13(8)21/h1-3,5,8,19H,4H2,(H2,17,18,20,21,22). The third-order valence-corrected chi connectivity index (χ3v) is 3.74. The molecule has 0 radical (unpaired) electrons. The fourth-order valence-electron chi connectivity index (χ4n) is 2.35. The van der Waals surface area contributed by atoms with Crippen molar-refractivity contribution >= 4 is 40.3 Å². The minimum Gasteiger partial charge on any atom is -0.505 e. The minimum atomic E-state index is -1.12. The lowest BCUT2D eigenvalue weighted by atomic mass is 9.95. The van der Waals surface area contributed by atoms with Crippen molar-refractivity contribution in [3.63, 3.8) is 0 Å². The summed E-state index contributed by atoms with van der Waals surface area (Å²) in [6.07, 6.45) is 1.41. The monoisotopic (exact) mass is 319 g/mol. The van der Waals surface area contributed by atoms with Crippen molar-refractivity contribution in [2.75, 3.05) is 0 Å². The SMILES string of the molecule is O=C1NC(=O)C(Cc2cc(Cl)c3cccnc3c2O)C(=O)N1. The van der Waals surface area contributed by atoms with Crippen LogP contribution in [0.2, 0.25) is 5.02 Å². The molecule has 3 rings (SSSR count). The van der Waals surface area contributed by atoms with Crippen LogP contribution in [-0.2, 0) is 16.0 Å². The Bertz CT molecular complexity index is 801. The van der Waals surface area contributed by atoms with Gasteiger partial charge in [-0.25, -0.2) is 4.79 Å². The number of nitrogens with zero attached hydrogens (tertiary/aromatic N) is 1. The summed E-state index contributed by atoms with van der Waals surface area (Å²) >= 11 is 6.14. The molecule has 0 atom stereocenters. The molecule has 2 heterocycles. The number of halogens is 1. The number of hydrogen-bond donors (Lipinski definition) is 3. The number of fused-ring (bicyclic) bond motifs is 1. The summed E-state index contributed by atoms with van der Waals surface area (Å²) in [5.74, 6) is -2.70. The lowest BCUT2D eigenvalue weighted by Crippen LogP contribution is -2.56. The van der Waals surface area contributed by atoms with Crippen LogP contribution in [-0.4, -0.2) is 27.9 Å². The first-order valence-corrected chi connectivity index (χ1v) is 6.76. The normalized spacial score (nSPS) is 15.8. The van der Waals surface area contributed by atoms with Gasteiger partial charge in [0.25, 0.3) is 0 Å². The number of nitrogens with one attached hydrogen (secondary N) is 2. The van der Waals surface area contributed by atoms with E-state index in [1.165, 1.54) is 12.3 Å². The van der Waals surface area contributed by atoms with Crippen LogP contribution in [0.3, 0.4) is 0 Å². The average Bonchev–Trinajstić information content (AvgIpc) is 2.47. The maximum Gasteiger partial charge on any atom is 0.328 e. The number of aromatic nitrogens is 1. The van der Waals surface area contributed by atoms with Gasteiger partial charge < -0.3 is 5.11 Å². The highest BCUT2D eigenvalue weighted by Crippen LogP contribution is 2.34. The Morgan fingerprint density at radius 2 is 1.91 bits per heavy atom. The first-order chi connectivity index (χ1) is 10.5. The first kappa shape index (κ1) is 14.3. The van der Waals surface area contributed by atoms with Gasteiger partial charge >= 0.3 is 6.03 Å². The number of carbonyl (C=O) groups excluding carboxylic acids is 3. The molecule has 0 aliphatic carbocycles. The molecule has 1 aromatic carbocycles. The van der Waals surface area contributed by atoms with Gasteiger partial charge in [0.15, 0.2) is 0 Å². The topological polar surface area (TPSA) is 108 Å². The minimum absolute atomic E-state index is 0.0942. The van der Waals surface area contributed by atoms with Gasteiger partial charge in [0, 0.05) is 11.6 Å². The molecule has 3 N–H and O–H groups in total. The zero-order valence-electron chi connectivity index (χ0n) is 11.1. The van der Waals surface area contributed by atoms with Gasteiger partial charge in [-0.2, -0.15) is 0 Å². The molecule has 1 aliphatic heterocycles. The number of carbonyl (C=O) groups is 3. The number of urea groups is 1. The smallest absolute Gasteiger partial charge is 0.328 e. The van der Waals surface area contributed by atoms with E-state index in [0.29, 0.717) is 16.0 Å². The second-order valence-electron chi connectivity index (χ2n) is 4.83. The molecule has 1 fully saturated rings. The van der Waals surface area contributed by atoms with Crippen molar-refractivity contribution in [2.45, 2.75) is 6.42 Å². The van der Waals surface area contributed by atoms with E-state index in [0.717, 1.165) is 0 Å². The van der Waals surface area contributed by atoms with Crippen LogP contribution in [0.5, 0.6) is 5.75 Å². The third-order valence-electron chi connectivity index (χ3n) is 3.42. The van der Waals surface area contributed by atoms with Crippen molar-refractivity contribution in [3.05, 3.63) is 35.0 Å². The van der Waals surface area contributed by atoms with E-state index in [4.69, 9.17) is 11.6 Å². The van der Waals surface area contributed by atoms with E-state index in [9.17, 15) is 19.5 Å². The molecule has 0 spiro atoms. The highest BCUT2D eigenvalue weighted by atomic mass is 35.5. The van der Waals surface area contributed by atoms with E-state index in [1.807, 2.05) is 10.6 Å². The zero-order chi connectivity index (χ0) is 15.9.